The molecule has 0 bridgehead atoms. The van der Waals surface area contributed by atoms with E-state index in [1.165, 1.54) is 23.5 Å². The second-order valence-electron chi connectivity index (χ2n) is 5.30. The number of thiazole rings is 1. The van der Waals surface area contributed by atoms with Crippen LogP contribution in [0.5, 0.6) is 5.75 Å². The first kappa shape index (κ1) is 18.6. The van der Waals surface area contributed by atoms with Gasteiger partial charge in [0.15, 0.2) is 5.82 Å². The first-order valence-electron chi connectivity index (χ1n) is 7.57. The summed E-state index contributed by atoms with van der Waals surface area (Å²) < 4.78 is 19.4. The lowest BCUT2D eigenvalue weighted by atomic mass is 10.2. The van der Waals surface area contributed by atoms with Gasteiger partial charge in [0.1, 0.15) is 17.4 Å². The van der Waals surface area contributed by atoms with E-state index < -0.39 is 5.82 Å². The van der Waals surface area contributed by atoms with Crippen molar-refractivity contribution in [3.8, 4) is 5.75 Å². The first-order chi connectivity index (χ1) is 12.5. The van der Waals surface area contributed by atoms with E-state index in [0.29, 0.717) is 16.5 Å². The maximum atomic E-state index is 13.8. The third-order valence-corrected chi connectivity index (χ3v) is 4.76. The Kier molecular flexibility index (Phi) is 6.08. The minimum Gasteiger partial charge on any atom is -0.486 e. The number of aromatic nitrogens is 1. The predicted octanol–water partition coefficient (Wildman–Crippen LogP) is 5.35. The van der Waals surface area contributed by atoms with Crippen molar-refractivity contribution in [2.24, 2.45) is 0 Å². The van der Waals surface area contributed by atoms with Crippen LogP contribution < -0.4 is 10.1 Å². The number of benzene rings is 2. The van der Waals surface area contributed by atoms with Gasteiger partial charge in [-0.05, 0) is 36.4 Å². The van der Waals surface area contributed by atoms with Gasteiger partial charge >= 0.3 is 0 Å². The molecule has 0 aliphatic carbocycles. The summed E-state index contributed by atoms with van der Waals surface area (Å²) in [6, 6.07) is 11.4. The van der Waals surface area contributed by atoms with E-state index in [2.05, 4.69) is 10.3 Å². The van der Waals surface area contributed by atoms with E-state index in [0.717, 1.165) is 5.01 Å². The van der Waals surface area contributed by atoms with Gasteiger partial charge in [0.25, 0.3) is 0 Å². The number of ether oxygens (including phenoxy) is 1. The van der Waals surface area contributed by atoms with Crippen molar-refractivity contribution in [2.75, 3.05) is 5.32 Å². The Morgan fingerprint density at radius 3 is 2.73 bits per heavy atom. The molecule has 0 atom stereocenters. The molecule has 0 aliphatic rings. The second kappa shape index (κ2) is 8.49. The SMILES string of the molecule is O=C(Cc1csc(COc2ccc(Cl)cc2)n1)Nc1cccc(Cl)c1F. The van der Waals surface area contributed by atoms with Crippen LogP contribution in [0.1, 0.15) is 10.7 Å². The molecule has 2 aromatic carbocycles. The molecule has 4 nitrogen and oxygen atoms in total. The molecule has 3 rings (SSSR count). The van der Waals surface area contributed by atoms with Crippen molar-refractivity contribution in [1.29, 1.82) is 0 Å². The summed E-state index contributed by atoms with van der Waals surface area (Å²) in [6.45, 7) is 0.289. The van der Waals surface area contributed by atoms with Crippen LogP contribution in [0.4, 0.5) is 10.1 Å². The molecule has 1 amide bonds. The molecular formula is C18H13Cl2FN2O2S. The highest BCUT2D eigenvalue weighted by Crippen LogP contribution is 2.22. The lowest BCUT2D eigenvalue weighted by molar-refractivity contribution is -0.115. The van der Waals surface area contributed by atoms with Gasteiger partial charge in [-0.25, -0.2) is 9.37 Å². The third-order valence-electron chi connectivity index (χ3n) is 3.34. The Morgan fingerprint density at radius 2 is 1.96 bits per heavy atom. The smallest absolute Gasteiger partial charge is 0.230 e. The summed E-state index contributed by atoms with van der Waals surface area (Å²) in [4.78, 5) is 16.4. The maximum absolute atomic E-state index is 13.8. The van der Waals surface area contributed by atoms with Gasteiger partial charge in [-0.1, -0.05) is 29.3 Å². The Morgan fingerprint density at radius 1 is 1.19 bits per heavy atom. The largest absolute Gasteiger partial charge is 0.486 e. The van der Waals surface area contributed by atoms with Crippen LogP contribution in [-0.4, -0.2) is 10.9 Å². The number of carbonyl (C=O) groups is 1. The highest BCUT2D eigenvalue weighted by Gasteiger charge is 2.12. The fourth-order valence-electron chi connectivity index (χ4n) is 2.13. The quantitative estimate of drug-likeness (QED) is 0.595. The van der Waals surface area contributed by atoms with Gasteiger partial charge in [-0.3, -0.25) is 4.79 Å². The number of nitrogens with one attached hydrogen (secondary N) is 1. The first-order valence-corrected chi connectivity index (χ1v) is 9.20. The summed E-state index contributed by atoms with van der Waals surface area (Å²) in [7, 11) is 0. The van der Waals surface area contributed by atoms with Gasteiger partial charge < -0.3 is 10.1 Å². The number of amides is 1. The normalized spacial score (nSPS) is 10.6. The average molecular weight is 411 g/mol. The van der Waals surface area contributed by atoms with Gasteiger partial charge in [0, 0.05) is 10.4 Å². The number of nitrogens with zero attached hydrogens (tertiary/aromatic N) is 1. The number of hydrogen-bond acceptors (Lipinski definition) is 4. The number of rotatable bonds is 6. The number of halogens is 3. The van der Waals surface area contributed by atoms with Crippen LogP contribution in [0.2, 0.25) is 10.0 Å². The lowest BCUT2D eigenvalue weighted by Gasteiger charge is -2.06. The Balaban J connectivity index is 1.55. The zero-order valence-corrected chi connectivity index (χ0v) is 15.7. The molecule has 1 N–H and O–H groups in total. The van der Waals surface area contributed by atoms with Gasteiger partial charge in [0.05, 0.1) is 22.8 Å². The van der Waals surface area contributed by atoms with E-state index in [4.69, 9.17) is 27.9 Å². The molecule has 0 unspecified atom stereocenters. The predicted molar refractivity (Wildman–Crippen MR) is 102 cm³/mol. The molecule has 0 saturated carbocycles. The molecule has 1 aromatic heterocycles. The van der Waals surface area contributed by atoms with E-state index >= 15 is 0 Å². The highest BCUT2D eigenvalue weighted by molar-refractivity contribution is 7.09. The Bertz CT molecular complexity index is 916. The van der Waals surface area contributed by atoms with Crippen LogP contribution in [-0.2, 0) is 17.8 Å². The van der Waals surface area contributed by atoms with Crippen LogP contribution in [0.3, 0.4) is 0 Å². The van der Waals surface area contributed by atoms with Crippen molar-refractivity contribution in [2.45, 2.75) is 13.0 Å². The zero-order chi connectivity index (χ0) is 18.5. The van der Waals surface area contributed by atoms with Crippen molar-refractivity contribution >= 4 is 46.1 Å². The molecule has 0 fully saturated rings. The van der Waals surface area contributed by atoms with E-state index in [1.54, 1.807) is 35.7 Å². The molecule has 0 aliphatic heterocycles. The summed E-state index contributed by atoms with van der Waals surface area (Å²) in [6.07, 6.45) is 0.0311. The maximum Gasteiger partial charge on any atom is 0.230 e. The van der Waals surface area contributed by atoms with Crippen LogP contribution in [0.25, 0.3) is 0 Å². The average Bonchev–Trinajstić information content (AvgIpc) is 3.06. The number of carbonyl (C=O) groups excluding carboxylic acids is 1. The fraction of sp³-hybridized carbons (Fsp3) is 0.111. The van der Waals surface area contributed by atoms with Gasteiger partial charge in [-0.2, -0.15) is 0 Å². The molecule has 0 spiro atoms. The summed E-state index contributed by atoms with van der Waals surface area (Å²) in [5, 5.41) is 5.59. The third kappa shape index (κ3) is 4.94. The van der Waals surface area contributed by atoms with Crippen molar-refractivity contribution in [3.05, 3.63) is 74.4 Å². The molecule has 134 valence electrons. The molecule has 3 aromatic rings. The summed E-state index contributed by atoms with van der Waals surface area (Å²) >= 11 is 12.9. The molecular weight excluding hydrogens is 398 g/mol. The van der Waals surface area contributed by atoms with Crippen LogP contribution in [0, 0.1) is 5.82 Å². The second-order valence-corrected chi connectivity index (χ2v) is 7.09. The van der Waals surface area contributed by atoms with Crippen molar-refractivity contribution in [3.63, 3.8) is 0 Å². The van der Waals surface area contributed by atoms with E-state index in [9.17, 15) is 9.18 Å². The van der Waals surface area contributed by atoms with Gasteiger partial charge in [-0.15, -0.1) is 11.3 Å². The minimum atomic E-state index is -0.655. The zero-order valence-electron chi connectivity index (χ0n) is 13.3. The topological polar surface area (TPSA) is 51.2 Å². The van der Waals surface area contributed by atoms with E-state index in [1.807, 2.05) is 0 Å². The molecule has 26 heavy (non-hydrogen) atoms. The minimum absolute atomic E-state index is 0.0311. The van der Waals surface area contributed by atoms with E-state index in [-0.39, 0.29) is 29.6 Å². The monoisotopic (exact) mass is 410 g/mol. The van der Waals surface area contributed by atoms with Crippen molar-refractivity contribution < 1.29 is 13.9 Å². The van der Waals surface area contributed by atoms with Gasteiger partial charge in [0.2, 0.25) is 5.91 Å². The number of anilines is 1. The summed E-state index contributed by atoms with van der Waals surface area (Å²) in [5.74, 6) is -0.347. The standard InChI is InChI=1S/C18H13Cl2FN2O2S/c19-11-4-6-13(7-5-11)25-9-17-22-12(10-26-17)8-16(24)23-15-3-1-2-14(20)18(15)21/h1-7,10H,8-9H2,(H,23,24). The number of hydrogen-bond donors (Lipinski definition) is 1. The molecule has 1 heterocycles. The summed E-state index contributed by atoms with van der Waals surface area (Å²) in [5.41, 5.74) is 0.633. The Labute approximate surface area is 163 Å². The fourth-order valence-corrected chi connectivity index (χ4v) is 3.14. The van der Waals surface area contributed by atoms with Crippen LogP contribution >= 0.6 is 34.5 Å². The molecule has 8 heteroatoms. The molecule has 0 radical (unpaired) electrons. The Hall–Kier alpha value is -2.15. The highest BCUT2D eigenvalue weighted by atomic mass is 35.5. The lowest BCUT2D eigenvalue weighted by Crippen LogP contribution is -2.15. The molecule has 0 saturated heterocycles. The van der Waals surface area contributed by atoms with Crippen molar-refractivity contribution in [1.82, 2.24) is 4.98 Å². The van der Waals surface area contributed by atoms with Crippen LogP contribution in [0.15, 0.2) is 47.8 Å².